The third kappa shape index (κ3) is 4.21. The molecule has 0 aliphatic heterocycles. The first-order valence-corrected chi connectivity index (χ1v) is 11.8. The van der Waals surface area contributed by atoms with Crippen molar-refractivity contribution in [2.24, 2.45) is 0 Å². The zero-order chi connectivity index (χ0) is 20.3. The average molecular weight is 435 g/mol. The van der Waals surface area contributed by atoms with E-state index in [1.807, 2.05) is 55.3 Å². The molecule has 148 valence electrons. The molecule has 2 aromatic heterocycles. The Hall–Kier alpha value is -1.97. The number of aryl methyl sites for hydroxylation is 1. The van der Waals surface area contributed by atoms with E-state index in [9.17, 15) is 4.79 Å². The maximum Gasteiger partial charge on any atom is 0.260 e. The van der Waals surface area contributed by atoms with Gasteiger partial charge in [-0.3, -0.25) is 9.48 Å². The van der Waals surface area contributed by atoms with Crippen LogP contribution in [-0.4, -0.2) is 39.7 Å². The van der Waals surface area contributed by atoms with Gasteiger partial charge in [0.2, 0.25) is 0 Å². The zero-order valence-corrected chi connectivity index (χ0v) is 18.8. The van der Waals surface area contributed by atoms with Gasteiger partial charge in [0.05, 0.1) is 40.5 Å². The van der Waals surface area contributed by atoms with Crippen molar-refractivity contribution in [1.82, 2.24) is 14.2 Å². The lowest BCUT2D eigenvalue weighted by Gasteiger charge is -2.09. The second kappa shape index (κ2) is 9.02. The Balaban J connectivity index is 1.86. The number of hydrogen-bond donors (Lipinski definition) is 1. The van der Waals surface area contributed by atoms with Crippen LogP contribution in [0.2, 0.25) is 0 Å². The number of ether oxygens (including phenoxy) is 1. The molecule has 0 radical (unpaired) electrons. The van der Waals surface area contributed by atoms with E-state index in [-0.39, 0.29) is 5.91 Å². The Morgan fingerprint density at radius 3 is 2.75 bits per heavy atom. The predicted octanol–water partition coefficient (Wildman–Crippen LogP) is 4.71. The third-order valence-corrected chi connectivity index (χ3v) is 7.06. The fourth-order valence-corrected chi connectivity index (χ4v) is 5.16. The molecule has 0 aliphatic carbocycles. The summed E-state index contributed by atoms with van der Waals surface area (Å²) in [5.41, 5.74) is 4.17. The lowest BCUT2D eigenvalue weighted by atomic mass is 10.2. The quantitative estimate of drug-likeness (QED) is 0.543. The summed E-state index contributed by atoms with van der Waals surface area (Å²) in [7, 11) is 1.65. The largest absolute Gasteiger partial charge is 0.497 e. The molecule has 9 heteroatoms. The van der Waals surface area contributed by atoms with E-state index >= 15 is 0 Å². The number of carbonyl (C=O) groups excluding carboxylic acids is 1. The Labute approximate surface area is 177 Å². The summed E-state index contributed by atoms with van der Waals surface area (Å²) < 4.78 is 12.5. The van der Waals surface area contributed by atoms with E-state index in [1.165, 1.54) is 35.1 Å². The number of hydrogen-bond acceptors (Lipinski definition) is 7. The Kier molecular flexibility index (Phi) is 6.69. The highest BCUT2D eigenvalue weighted by Gasteiger charge is 2.22. The molecule has 0 bridgehead atoms. The van der Waals surface area contributed by atoms with Gasteiger partial charge in [-0.25, -0.2) is 0 Å². The third-order valence-electron chi connectivity index (χ3n) is 4.32. The molecule has 2 heterocycles. The summed E-state index contributed by atoms with van der Waals surface area (Å²) in [5, 5.41) is 8.43. The van der Waals surface area contributed by atoms with Crippen LogP contribution < -0.4 is 10.1 Å². The maximum absolute atomic E-state index is 13.0. The molecule has 0 fully saturated rings. The van der Waals surface area contributed by atoms with Crippen molar-refractivity contribution < 1.29 is 9.53 Å². The summed E-state index contributed by atoms with van der Waals surface area (Å²) >= 11 is 4.38. The zero-order valence-electron chi connectivity index (χ0n) is 16.4. The van der Waals surface area contributed by atoms with Crippen molar-refractivity contribution in [3.8, 4) is 5.75 Å². The van der Waals surface area contributed by atoms with Crippen LogP contribution in [0.15, 0.2) is 33.5 Å². The second-order valence-electron chi connectivity index (χ2n) is 6.07. The normalized spacial score (nSPS) is 10.9. The number of aromatic nitrogens is 3. The molecular formula is C19H22N4O2S3. The second-order valence-corrected chi connectivity index (χ2v) is 8.71. The van der Waals surface area contributed by atoms with E-state index in [4.69, 9.17) is 4.74 Å². The molecule has 1 N–H and O–H groups in total. The first-order chi connectivity index (χ1) is 13.5. The van der Waals surface area contributed by atoms with E-state index in [0.717, 1.165) is 37.6 Å². The smallest absolute Gasteiger partial charge is 0.260 e. The number of thioether (sulfide) groups is 2. The van der Waals surface area contributed by atoms with Crippen LogP contribution in [0.5, 0.6) is 5.75 Å². The molecule has 0 aliphatic rings. The maximum atomic E-state index is 13.0. The van der Waals surface area contributed by atoms with E-state index in [2.05, 4.69) is 14.8 Å². The Morgan fingerprint density at radius 2 is 2.07 bits per heavy atom. The number of nitrogens with one attached hydrogen (secondary N) is 1. The highest BCUT2D eigenvalue weighted by atomic mass is 32.2. The molecular weight excluding hydrogens is 412 g/mol. The molecule has 28 heavy (non-hydrogen) atoms. The van der Waals surface area contributed by atoms with Crippen LogP contribution in [0.3, 0.4) is 0 Å². The van der Waals surface area contributed by atoms with Crippen molar-refractivity contribution in [2.75, 3.05) is 24.9 Å². The lowest BCUT2D eigenvalue weighted by Crippen LogP contribution is -2.14. The summed E-state index contributed by atoms with van der Waals surface area (Å²) in [6.07, 6.45) is 3.88. The molecule has 0 saturated carbocycles. The highest BCUT2D eigenvalue weighted by molar-refractivity contribution is 8.01. The number of rotatable bonds is 7. The minimum Gasteiger partial charge on any atom is -0.497 e. The molecule has 0 atom stereocenters. The van der Waals surface area contributed by atoms with Crippen LogP contribution >= 0.6 is 35.1 Å². The summed E-state index contributed by atoms with van der Waals surface area (Å²) in [6.45, 7) is 4.47. The Morgan fingerprint density at radius 1 is 1.29 bits per heavy atom. The first-order valence-electron chi connectivity index (χ1n) is 8.54. The van der Waals surface area contributed by atoms with Gasteiger partial charge in [0.1, 0.15) is 10.8 Å². The number of nitrogens with zero attached hydrogens (tertiary/aromatic N) is 3. The number of carbonyl (C=O) groups is 1. The lowest BCUT2D eigenvalue weighted by molar-refractivity contribution is 0.102. The summed E-state index contributed by atoms with van der Waals surface area (Å²) in [4.78, 5) is 13.0. The first kappa shape index (κ1) is 20.8. The molecule has 1 amide bonds. The predicted molar refractivity (Wildman–Crippen MR) is 117 cm³/mol. The monoisotopic (exact) mass is 434 g/mol. The van der Waals surface area contributed by atoms with Crippen LogP contribution in [0.1, 0.15) is 27.3 Å². The fourth-order valence-electron chi connectivity index (χ4n) is 2.88. The van der Waals surface area contributed by atoms with Crippen molar-refractivity contribution in [2.45, 2.75) is 29.6 Å². The highest BCUT2D eigenvalue weighted by Crippen LogP contribution is 2.33. The molecule has 6 nitrogen and oxygen atoms in total. The topological polar surface area (TPSA) is 69.0 Å². The van der Waals surface area contributed by atoms with Crippen molar-refractivity contribution in [3.05, 3.63) is 46.8 Å². The van der Waals surface area contributed by atoms with E-state index < -0.39 is 0 Å². The van der Waals surface area contributed by atoms with Gasteiger partial charge in [-0.1, -0.05) is 12.1 Å². The molecule has 0 spiro atoms. The molecule has 0 unspecified atom stereocenters. The van der Waals surface area contributed by atoms with Crippen LogP contribution in [0.25, 0.3) is 0 Å². The van der Waals surface area contributed by atoms with Gasteiger partial charge in [-0.15, -0.1) is 23.5 Å². The van der Waals surface area contributed by atoms with Gasteiger partial charge in [-0.05, 0) is 55.6 Å². The van der Waals surface area contributed by atoms with Gasteiger partial charge in [0.15, 0.2) is 0 Å². The number of amides is 1. The molecule has 3 aromatic rings. The van der Waals surface area contributed by atoms with Crippen molar-refractivity contribution in [3.63, 3.8) is 0 Å². The van der Waals surface area contributed by atoms with Gasteiger partial charge >= 0.3 is 0 Å². The van der Waals surface area contributed by atoms with Crippen LogP contribution in [-0.2, 0) is 6.54 Å². The van der Waals surface area contributed by atoms with Gasteiger partial charge in [0.25, 0.3) is 5.91 Å². The van der Waals surface area contributed by atoms with Crippen LogP contribution in [0.4, 0.5) is 5.69 Å². The van der Waals surface area contributed by atoms with E-state index in [1.54, 1.807) is 7.11 Å². The summed E-state index contributed by atoms with van der Waals surface area (Å²) in [5.74, 6) is 0.668. The SMILES string of the molecule is COc1cccc(Cn2nc(C)c(NC(=O)c3c(SC)nsc3SC)c2C)c1. The van der Waals surface area contributed by atoms with Gasteiger partial charge < -0.3 is 10.1 Å². The molecule has 3 rings (SSSR count). The van der Waals surface area contributed by atoms with Crippen molar-refractivity contribution >= 4 is 46.7 Å². The minimum absolute atomic E-state index is 0.144. The van der Waals surface area contributed by atoms with E-state index in [0.29, 0.717) is 12.1 Å². The standard InChI is InChI=1S/C19H22N4O2S3/c1-11-16(20-17(24)15-18(26-4)22-28-19(15)27-5)12(2)23(21-11)10-13-7-6-8-14(9-13)25-3/h6-9H,10H2,1-5H3,(H,20,24). The van der Waals surface area contributed by atoms with Gasteiger partial charge in [-0.2, -0.15) is 9.47 Å². The minimum atomic E-state index is -0.144. The number of anilines is 1. The molecule has 1 aromatic carbocycles. The number of benzene rings is 1. The Bertz CT molecular complexity index is 976. The summed E-state index contributed by atoms with van der Waals surface area (Å²) in [6, 6.07) is 7.89. The fraction of sp³-hybridized carbons (Fsp3) is 0.316. The number of methoxy groups -OCH3 is 1. The molecule has 0 saturated heterocycles. The van der Waals surface area contributed by atoms with Gasteiger partial charge in [0, 0.05) is 0 Å². The van der Waals surface area contributed by atoms with Crippen LogP contribution in [0, 0.1) is 13.8 Å². The van der Waals surface area contributed by atoms with Crippen molar-refractivity contribution in [1.29, 1.82) is 0 Å². The average Bonchev–Trinajstić information content (AvgIpc) is 3.24.